The van der Waals surface area contributed by atoms with Gasteiger partial charge in [0.15, 0.2) is 5.75 Å². The van der Waals surface area contributed by atoms with Gasteiger partial charge in [-0.1, -0.05) is 57.2 Å². The van der Waals surface area contributed by atoms with Gasteiger partial charge in [-0.15, -0.1) is 5.11 Å². The van der Waals surface area contributed by atoms with Crippen LogP contribution in [0.4, 0.5) is 23.0 Å². The maximum absolute atomic E-state index is 13.5. The zero-order chi connectivity index (χ0) is 35.6. The molecule has 0 amide bonds. The van der Waals surface area contributed by atoms with E-state index in [0.717, 1.165) is 50.3 Å². The summed E-state index contributed by atoms with van der Waals surface area (Å²) in [6, 6.07) is 11.2. The fourth-order valence-electron chi connectivity index (χ4n) is 4.56. The monoisotopic (exact) mass is 754 g/mol. The van der Waals surface area contributed by atoms with Crippen molar-refractivity contribution in [2.75, 3.05) is 18.5 Å². The van der Waals surface area contributed by atoms with Crippen LogP contribution < -0.4 is 5.32 Å². The maximum atomic E-state index is 13.5. The zero-order valence-electron chi connectivity index (χ0n) is 26.0. The molecule has 0 atom stereocenters. The molecule has 0 saturated carbocycles. The number of anilines is 2. The number of phenols is 1. The molecule has 0 saturated heterocycles. The first kappa shape index (κ1) is 37.8. The molecule has 0 spiro atoms. The van der Waals surface area contributed by atoms with Gasteiger partial charge in [0.2, 0.25) is 16.5 Å². The molecule has 1 aromatic heterocycles. The molecule has 0 aliphatic heterocycles. The van der Waals surface area contributed by atoms with Crippen molar-refractivity contribution in [3.05, 3.63) is 59.1 Å². The summed E-state index contributed by atoms with van der Waals surface area (Å²) in [7, 11) is -9.72. The Morgan fingerprint density at radius 3 is 2.20 bits per heavy atom. The molecule has 49 heavy (non-hydrogen) atoms. The number of hydrogen-bond donors (Lipinski definition) is 3. The van der Waals surface area contributed by atoms with Crippen molar-refractivity contribution >= 4 is 83.2 Å². The number of carbonyl (C=O) groups is 1. The lowest BCUT2D eigenvalue weighted by molar-refractivity contribution is -0.144. The Labute approximate surface area is 292 Å². The SMILES string of the molecule is CCCCCCCCC(=O)OCCOS(=O)(=O)c1cc2cc(S(=O)(=O)O)c(N=Nc3ccccc3)c(O)c2cc1Nc1nc(Cl)nc(Cl)n1. The standard InChI is InChI=1S/C30H32Cl2N6O9S2/c1-2-3-4-5-6-10-13-25(39)46-14-15-47-49(44,45)23-16-19-17-24(48(41,42)43)26(38-37-20-11-8-7-9-12-20)27(40)21(19)18-22(23)33-30-35-28(31)34-29(32)36-30/h7-9,11-12,16-18,40H,2-6,10,13-15H2,1H3,(H,41,42,43)(H,33,34,35,36). The van der Waals surface area contributed by atoms with Crippen LogP contribution in [0.25, 0.3) is 10.8 Å². The molecule has 3 aromatic carbocycles. The topological polar surface area (TPSA) is 220 Å². The Balaban J connectivity index is 1.68. The second kappa shape index (κ2) is 17.1. The first-order chi connectivity index (χ1) is 23.3. The number of fused-ring (bicyclic) bond motifs is 1. The summed E-state index contributed by atoms with van der Waals surface area (Å²) in [5.41, 5.74) is -0.585. The number of esters is 1. The quantitative estimate of drug-likeness (QED) is 0.0314. The number of benzene rings is 3. The highest BCUT2D eigenvalue weighted by Gasteiger charge is 2.27. The molecule has 0 fully saturated rings. The molecule has 3 N–H and O–H groups in total. The van der Waals surface area contributed by atoms with Gasteiger partial charge in [0, 0.05) is 11.8 Å². The number of hydrogen-bond acceptors (Lipinski definition) is 14. The fourth-order valence-corrected chi connectivity index (χ4v) is 6.65. The molecule has 0 aliphatic carbocycles. The van der Waals surface area contributed by atoms with Gasteiger partial charge < -0.3 is 15.2 Å². The average molecular weight is 756 g/mol. The van der Waals surface area contributed by atoms with Gasteiger partial charge in [-0.3, -0.25) is 13.5 Å². The Morgan fingerprint density at radius 1 is 0.878 bits per heavy atom. The van der Waals surface area contributed by atoms with Crippen LogP contribution in [-0.2, 0) is 34.0 Å². The van der Waals surface area contributed by atoms with Crippen molar-refractivity contribution in [1.29, 1.82) is 0 Å². The van der Waals surface area contributed by atoms with E-state index < -0.39 is 54.0 Å². The van der Waals surface area contributed by atoms with Crippen molar-refractivity contribution in [2.45, 2.75) is 61.7 Å². The molecular weight excluding hydrogens is 723 g/mol. The summed E-state index contributed by atoms with van der Waals surface area (Å²) in [6.45, 7) is 1.19. The second-order valence-electron chi connectivity index (χ2n) is 10.5. The highest BCUT2D eigenvalue weighted by atomic mass is 35.5. The van der Waals surface area contributed by atoms with Gasteiger partial charge in [0.05, 0.1) is 11.4 Å². The smallest absolute Gasteiger partial charge is 0.305 e. The number of ether oxygens (including phenoxy) is 1. The van der Waals surface area contributed by atoms with Gasteiger partial charge >= 0.3 is 5.97 Å². The summed E-state index contributed by atoms with van der Waals surface area (Å²) < 4.78 is 71.9. The third kappa shape index (κ3) is 10.7. The van der Waals surface area contributed by atoms with E-state index >= 15 is 0 Å². The number of aromatic nitrogens is 3. The minimum Gasteiger partial charge on any atom is -0.505 e. The highest BCUT2D eigenvalue weighted by Crippen LogP contribution is 2.44. The minimum atomic E-state index is -5.02. The number of unbranched alkanes of at least 4 members (excludes halogenated alkanes) is 5. The summed E-state index contributed by atoms with van der Waals surface area (Å²) in [5, 5.41) is 20.7. The number of nitrogens with one attached hydrogen (secondary N) is 1. The number of aromatic hydroxyl groups is 1. The molecule has 262 valence electrons. The lowest BCUT2D eigenvalue weighted by atomic mass is 10.1. The first-order valence-corrected chi connectivity index (χ1v) is 18.6. The molecule has 19 heteroatoms. The lowest BCUT2D eigenvalue weighted by Gasteiger charge is -2.15. The summed E-state index contributed by atoms with van der Waals surface area (Å²) >= 11 is 11.8. The Hall–Kier alpha value is -4.00. The van der Waals surface area contributed by atoms with Crippen LogP contribution in [-0.4, -0.2) is 60.6 Å². The van der Waals surface area contributed by atoms with Gasteiger partial charge in [0.25, 0.3) is 20.2 Å². The molecule has 4 rings (SSSR count). The van der Waals surface area contributed by atoms with E-state index in [1.807, 2.05) is 0 Å². The third-order valence-corrected chi connectivity index (χ3v) is 9.43. The Kier molecular flexibility index (Phi) is 13.2. The summed E-state index contributed by atoms with van der Waals surface area (Å²) in [5.74, 6) is -1.55. The van der Waals surface area contributed by atoms with E-state index in [1.54, 1.807) is 30.3 Å². The van der Waals surface area contributed by atoms with Gasteiger partial charge in [-0.2, -0.15) is 36.9 Å². The fraction of sp³-hybridized carbons (Fsp3) is 0.333. The number of rotatable bonds is 17. The predicted octanol–water partition coefficient (Wildman–Crippen LogP) is 7.44. The van der Waals surface area contributed by atoms with Crippen LogP contribution in [0.5, 0.6) is 5.75 Å². The van der Waals surface area contributed by atoms with E-state index in [0.29, 0.717) is 12.1 Å². The predicted molar refractivity (Wildman–Crippen MR) is 181 cm³/mol. The maximum Gasteiger partial charge on any atom is 0.305 e. The van der Waals surface area contributed by atoms with E-state index in [-0.39, 0.29) is 46.0 Å². The normalized spacial score (nSPS) is 12.1. The first-order valence-electron chi connectivity index (χ1n) is 15.0. The molecule has 0 unspecified atom stereocenters. The molecule has 15 nitrogen and oxygen atoms in total. The van der Waals surface area contributed by atoms with Crippen LogP contribution in [0.2, 0.25) is 10.6 Å². The minimum absolute atomic E-state index is 0.120. The van der Waals surface area contributed by atoms with E-state index in [2.05, 4.69) is 37.4 Å². The van der Waals surface area contributed by atoms with Crippen LogP contribution >= 0.6 is 23.2 Å². The van der Waals surface area contributed by atoms with Crippen LogP contribution in [0.1, 0.15) is 51.9 Å². The van der Waals surface area contributed by atoms with E-state index in [1.165, 1.54) is 0 Å². The zero-order valence-corrected chi connectivity index (χ0v) is 29.2. The number of halogens is 2. The third-order valence-electron chi connectivity index (χ3n) is 6.87. The second-order valence-corrected chi connectivity index (χ2v) is 14.1. The van der Waals surface area contributed by atoms with Gasteiger partial charge in [-0.25, -0.2) is 0 Å². The molecular formula is C30H32Cl2N6O9S2. The molecule has 0 aliphatic rings. The van der Waals surface area contributed by atoms with Crippen molar-refractivity contribution < 1.29 is 40.2 Å². The number of nitrogens with zero attached hydrogens (tertiary/aromatic N) is 5. The largest absolute Gasteiger partial charge is 0.505 e. The number of carbonyl (C=O) groups excluding carboxylic acids is 1. The Morgan fingerprint density at radius 2 is 1.53 bits per heavy atom. The Bertz CT molecular complexity index is 2030. The molecule has 1 heterocycles. The average Bonchev–Trinajstić information content (AvgIpc) is 3.03. The van der Waals surface area contributed by atoms with Gasteiger partial charge in [-0.05, 0) is 65.3 Å². The van der Waals surface area contributed by atoms with Gasteiger partial charge in [0.1, 0.15) is 28.7 Å². The molecule has 0 radical (unpaired) electrons. The highest BCUT2D eigenvalue weighted by molar-refractivity contribution is 7.87. The summed E-state index contributed by atoms with van der Waals surface area (Å²) in [6.07, 6.45) is 6.05. The van der Waals surface area contributed by atoms with Crippen LogP contribution in [0, 0.1) is 0 Å². The van der Waals surface area contributed by atoms with Crippen molar-refractivity contribution in [2.24, 2.45) is 10.2 Å². The van der Waals surface area contributed by atoms with Crippen molar-refractivity contribution in [3.63, 3.8) is 0 Å². The van der Waals surface area contributed by atoms with Crippen molar-refractivity contribution in [3.8, 4) is 5.75 Å². The summed E-state index contributed by atoms with van der Waals surface area (Å²) in [4.78, 5) is 22.0. The number of phenolic OH excluding ortho intramolecular Hbond substituents is 1. The lowest BCUT2D eigenvalue weighted by Crippen LogP contribution is -2.15. The molecule has 4 aromatic rings. The number of azo groups is 1. The van der Waals surface area contributed by atoms with E-state index in [9.17, 15) is 31.3 Å². The van der Waals surface area contributed by atoms with Crippen LogP contribution in [0.15, 0.2) is 68.6 Å². The van der Waals surface area contributed by atoms with E-state index in [4.69, 9.17) is 32.1 Å². The molecule has 0 bridgehead atoms. The van der Waals surface area contributed by atoms with Crippen molar-refractivity contribution in [1.82, 2.24) is 15.0 Å². The van der Waals surface area contributed by atoms with Crippen LogP contribution in [0.3, 0.4) is 0 Å².